The molecule has 0 spiro atoms. The van der Waals surface area contributed by atoms with E-state index in [2.05, 4.69) is 5.16 Å². The summed E-state index contributed by atoms with van der Waals surface area (Å²) in [7, 11) is 0. The lowest BCUT2D eigenvalue weighted by molar-refractivity contribution is -0.145. The highest BCUT2D eigenvalue weighted by molar-refractivity contribution is 5.97. The van der Waals surface area contributed by atoms with E-state index in [0.717, 1.165) is 11.1 Å². The average Bonchev–Trinajstić information content (AvgIpc) is 3.18. The first-order valence-corrected chi connectivity index (χ1v) is 10.7. The number of ether oxygens (including phenoxy) is 2. The monoisotopic (exact) mass is 425 g/mol. The Morgan fingerprint density at radius 2 is 1.97 bits per heavy atom. The van der Waals surface area contributed by atoms with Gasteiger partial charge in [-0.2, -0.15) is 0 Å². The minimum Gasteiger partial charge on any atom is -0.491 e. The van der Waals surface area contributed by atoms with Crippen LogP contribution >= 0.6 is 0 Å². The van der Waals surface area contributed by atoms with Gasteiger partial charge in [-0.15, -0.1) is 0 Å². The lowest BCUT2D eigenvalue weighted by Gasteiger charge is -2.35. The van der Waals surface area contributed by atoms with E-state index in [4.69, 9.17) is 20.4 Å². The fraction of sp³-hybridized carbons (Fsp3) is 0.417. The molecule has 0 aromatic heterocycles. The molecule has 1 fully saturated rings. The van der Waals surface area contributed by atoms with E-state index in [9.17, 15) is 4.79 Å². The summed E-state index contributed by atoms with van der Waals surface area (Å²) < 4.78 is 11.6. The number of benzene rings is 2. The molecule has 166 valence electrons. The zero-order valence-electron chi connectivity index (χ0n) is 18.4. The maximum Gasteiger partial charge on any atom is 0.231 e. The number of fused-ring (bicyclic) bond motifs is 1. The molecular weight excluding hydrogens is 394 g/mol. The molecule has 4 rings (SSSR count). The van der Waals surface area contributed by atoms with Crippen LogP contribution in [0.2, 0.25) is 0 Å². The van der Waals surface area contributed by atoms with Crippen molar-refractivity contribution in [2.45, 2.75) is 39.8 Å². The lowest BCUT2D eigenvalue weighted by Crippen LogP contribution is -2.45. The van der Waals surface area contributed by atoms with Crippen LogP contribution in [0.5, 0.6) is 5.75 Å². The number of nitrogens with zero attached hydrogens (tertiary/aromatic N) is 2. The van der Waals surface area contributed by atoms with Crippen LogP contribution in [0.1, 0.15) is 49.9 Å². The summed E-state index contributed by atoms with van der Waals surface area (Å²) in [5.74, 6) is 0.725. The largest absolute Gasteiger partial charge is 0.491 e. The highest BCUT2D eigenvalue weighted by Gasteiger charge is 2.43. The third-order valence-corrected chi connectivity index (χ3v) is 5.76. The summed E-state index contributed by atoms with van der Waals surface area (Å²) in [5, 5.41) is 12.0. The molecule has 2 heterocycles. The van der Waals surface area contributed by atoms with Gasteiger partial charge in [0.25, 0.3) is 0 Å². The zero-order valence-corrected chi connectivity index (χ0v) is 18.4. The third-order valence-electron chi connectivity index (χ3n) is 5.76. The molecule has 2 aliphatic heterocycles. The number of hydrogen-bond acceptors (Lipinski definition) is 5. The number of oxime groups is 1. The first kappa shape index (κ1) is 22.6. The Morgan fingerprint density at radius 3 is 2.61 bits per heavy atom. The molecule has 1 saturated heterocycles. The standard InChI is InChI=1S/C22H25N3O4.C2H6/c1-22(9-10-28-14-22)21(26)25-12-17-8-7-16(20(23)24-27)11-19(17)29-13-18(25)15-5-3-2-4-6-15;1-2/h2-8,11,18,27H,9-10,12-14H2,1H3,(H2,23,24);1-2H3. The van der Waals surface area contributed by atoms with Crippen LogP contribution in [-0.4, -0.2) is 41.7 Å². The van der Waals surface area contributed by atoms with Crippen molar-refractivity contribution in [3.05, 3.63) is 65.2 Å². The molecule has 1 amide bonds. The maximum absolute atomic E-state index is 13.6. The van der Waals surface area contributed by atoms with Crippen molar-refractivity contribution in [3.63, 3.8) is 0 Å². The number of hydrogen-bond donors (Lipinski definition) is 2. The Kier molecular flexibility index (Phi) is 7.17. The lowest BCUT2D eigenvalue weighted by atomic mass is 9.87. The van der Waals surface area contributed by atoms with E-state index >= 15 is 0 Å². The van der Waals surface area contributed by atoms with E-state index in [1.54, 1.807) is 12.1 Å². The predicted molar refractivity (Wildman–Crippen MR) is 119 cm³/mol. The molecule has 2 unspecified atom stereocenters. The highest BCUT2D eigenvalue weighted by Crippen LogP contribution is 2.38. The van der Waals surface area contributed by atoms with E-state index in [0.29, 0.717) is 44.1 Å². The van der Waals surface area contributed by atoms with Gasteiger partial charge in [-0.25, -0.2) is 0 Å². The molecule has 0 saturated carbocycles. The second kappa shape index (κ2) is 9.83. The molecule has 0 bridgehead atoms. The van der Waals surface area contributed by atoms with Gasteiger partial charge in [0, 0.05) is 17.7 Å². The maximum atomic E-state index is 13.6. The zero-order chi connectivity index (χ0) is 22.4. The minimum atomic E-state index is -0.536. The van der Waals surface area contributed by atoms with Gasteiger partial charge in [-0.05, 0) is 25.0 Å². The predicted octanol–water partition coefficient (Wildman–Crippen LogP) is 3.70. The Bertz CT molecular complexity index is 924. The van der Waals surface area contributed by atoms with Crippen LogP contribution in [-0.2, 0) is 16.1 Å². The number of carbonyl (C=O) groups is 1. The Labute approximate surface area is 183 Å². The number of amides is 1. The second-order valence-corrected chi connectivity index (χ2v) is 7.84. The molecule has 0 aliphatic carbocycles. The normalized spacial score (nSPS) is 23.1. The Morgan fingerprint density at radius 1 is 1.23 bits per heavy atom. The number of nitrogens with two attached hydrogens (primary N) is 1. The first-order chi connectivity index (χ1) is 15.0. The number of amidine groups is 1. The van der Waals surface area contributed by atoms with Gasteiger partial charge in [0.05, 0.1) is 24.6 Å². The van der Waals surface area contributed by atoms with Crippen molar-refractivity contribution in [3.8, 4) is 5.75 Å². The molecule has 31 heavy (non-hydrogen) atoms. The summed E-state index contributed by atoms with van der Waals surface area (Å²) in [6.07, 6.45) is 0.708. The van der Waals surface area contributed by atoms with E-state index in [1.165, 1.54) is 0 Å². The first-order valence-electron chi connectivity index (χ1n) is 10.7. The summed E-state index contributed by atoms with van der Waals surface area (Å²) in [5.41, 5.74) is 7.66. The molecule has 3 N–H and O–H groups in total. The smallest absolute Gasteiger partial charge is 0.231 e. The molecule has 7 nitrogen and oxygen atoms in total. The topological polar surface area (TPSA) is 97.4 Å². The van der Waals surface area contributed by atoms with Crippen molar-refractivity contribution in [1.29, 1.82) is 0 Å². The quantitative estimate of drug-likeness (QED) is 0.338. The molecule has 2 atom stereocenters. The molecule has 7 heteroatoms. The van der Waals surface area contributed by atoms with Gasteiger partial charge in [0.2, 0.25) is 5.91 Å². The van der Waals surface area contributed by atoms with Crippen LogP contribution in [0.15, 0.2) is 53.7 Å². The van der Waals surface area contributed by atoms with Gasteiger partial charge >= 0.3 is 0 Å². The molecule has 0 radical (unpaired) electrons. The number of rotatable bonds is 3. The van der Waals surface area contributed by atoms with Crippen molar-refractivity contribution in [2.24, 2.45) is 16.3 Å². The second-order valence-electron chi connectivity index (χ2n) is 7.84. The third kappa shape index (κ3) is 4.66. The fourth-order valence-electron chi connectivity index (χ4n) is 3.94. The van der Waals surface area contributed by atoms with E-state index in [1.807, 2.05) is 62.1 Å². The van der Waals surface area contributed by atoms with Crippen molar-refractivity contribution >= 4 is 11.7 Å². The van der Waals surface area contributed by atoms with Crippen LogP contribution in [0.4, 0.5) is 0 Å². The van der Waals surface area contributed by atoms with Crippen LogP contribution in [0, 0.1) is 5.41 Å². The van der Waals surface area contributed by atoms with E-state index in [-0.39, 0.29) is 17.8 Å². The Balaban J connectivity index is 0.00000132. The van der Waals surface area contributed by atoms with Crippen molar-refractivity contribution in [2.75, 3.05) is 19.8 Å². The van der Waals surface area contributed by atoms with Gasteiger partial charge in [-0.3, -0.25) is 4.79 Å². The summed E-state index contributed by atoms with van der Waals surface area (Å²) in [6.45, 7) is 7.74. The van der Waals surface area contributed by atoms with Gasteiger partial charge < -0.3 is 25.3 Å². The highest BCUT2D eigenvalue weighted by atomic mass is 16.5. The van der Waals surface area contributed by atoms with Gasteiger partial charge in [0.1, 0.15) is 12.4 Å². The summed E-state index contributed by atoms with van der Waals surface area (Å²) in [4.78, 5) is 15.5. The minimum absolute atomic E-state index is 0.0174. The van der Waals surface area contributed by atoms with Crippen molar-refractivity contribution in [1.82, 2.24) is 4.90 Å². The number of carbonyl (C=O) groups excluding carboxylic acids is 1. The van der Waals surface area contributed by atoms with Crippen molar-refractivity contribution < 1.29 is 19.5 Å². The van der Waals surface area contributed by atoms with Crippen LogP contribution in [0.25, 0.3) is 0 Å². The molecule has 2 aromatic carbocycles. The Hall–Kier alpha value is -3.06. The van der Waals surface area contributed by atoms with Gasteiger partial charge in [-0.1, -0.05) is 61.5 Å². The summed E-state index contributed by atoms with van der Waals surface area (Å²) in [6, 6.07) is 15.1. The summed E-state index contributed by atoms with van der Waals surface area (Å²) >= 11 is 0. The molecule has 2 aliphatic rings. The molecule has 2 aromatic rings. The van der Waals surface area contributed by atoms with Crippen LogP contribution < -0.4 is 10.5 Å². The fourth-order valence-corrected chi connectivity index (χ4v) is 3.94. The van der Waals surface area contributed by atoms with Crippen LogP contribution in [0.3, 0.4) is 0 Å². The van der Waals surface area contributed by atoms with E-state index < -0.39 is 5.41 Å². The SMILES string of the molecule is CC.CC1(C(=O)N2Cc3ccc(/C(N)=N/O)cc3OCC2c2ccccc2)CCOC1. The van der Waals surface area contributed by atoms with Gasteiger partial charge in [0.15, 0.2) is 5.84 Å². The molecular formula is C24H31N3O4. The average molecular weight is 426 g/mol.